The summed E-state index contributed by atoms with van der Waals surface area (Å²) in [5.74, 6) is 1.62. The number of carbonyl (C=O) groups excluding carboxylic acids is 1. The van der Waals surface area contributed by atoms with Crippen LogP contribution in [0.3, 0.4) is 0 Å². The number of nitrogens with one attached hydrogen (secondary N) is 1. The van der Waals surface area contributed by atoms with Gasteiger partial charge in [0.1, 0.15) is 5.75 Å². The summed E-state index contributed by atoms with van der Waals surface area (Å²) in [4.78, 5) is 17.5. The van der Waals surface area contributed by atoms with Gasteiger partial charge in [0.15, 0.2) is 11.5 Å². The zero-order chi connectivity index (χ0) is 20.4. The van der Waals surface area contributed by atoms with Crippen LogP contribution >= 0.6 is 0 Å². The van der Waals surface area contributed by atoms with Crippen LogP contribution in [-0.4, -0.2) is 27.8 Å². The Morgan fingerprint density at radius 1 is 1.14 bits per heavy atom. The molecule has 0 aliphatic rings. The average Bonchev–Trinajstić information content (AvgIpc) is 3.02. The number of rotatable bonds is 6. The van der Waals surface area contributed by atoms with Crippen LogP contribution < -0.4 is 10.1 Å². The lowest BCUT2D eigenvalue weighted by Gasteiger charge is -2.06. The number of carbonyl (C=O) groups is 1. The maximum atomic E-state index is 12.7. The monoisotopic (exact) mass is 388 g/mol. The molecule has 29 heavy (non-hydrogen) atoms. The first-order chi connectivity index (χ1) is 14.0. The molecule has 6 heteroatoms. The van der Waals surface area contributed by atoms with Gasteiger partial charge in [0.05, 0.1) is 24.4 Å². The van der Waals surface area contributed by atoms with Crippen LogP contribution in [0.1, 0.15) is 19.4 Å². The van der Waals surface area contributed by atoms with Gasteiger partial charge in [-0.05, 0) is 35.7 Å². The van der Waals surface area contributed by atoms with E-state index in [0.717, 1.165) is 39.8 Å². The van der Waals surface area contributed by atoms with Crippen LogP contribution in [0.15, 0.2) is 54.6 Å². The van der Waals surface area contributed by atoms with Gasteiger partial charge >= 0.3 is 0 Å². The first kappa shape index (κ1) is 18.9. The number of amides is 1. The molecule has 0 bridgehead atoms. The second kappa shape index (κ2) is 7.91. The minimum atomic E-state index is -0.112. The van der Waals surface area contributed by atoms with E-state index in [1.165, 1.54) is 0 Å². The number of hydrogen-bond acceptors (Lipinski definition) is 4. The maximum absolute atomic E-state index is 12.7. The second-order valence-electron chi connectivity index (χ2n) is 7.55. The van der Waals surface area contributed by atoms with Gasteiger partial charge in [-0.3, -0.25) is 4.79 Å². The van der Waals surface area contributed by atoms with Crippen LogP contribution in [-0.2, 0) is 17.8 Å². The smallest absolute Gasteiger partial charge is 0.230 e. The zero-order valence-corrected chi connectivity index (χ0v) is 16.8. The lowest BCUT2D eigenvalue weighted by atomic mass is 10.1. The number of fused-ring (bicyclic) bond motifs is 2. The molecule has 2 aromatic heterocycles. The molecule has 0 aliphatic heterocycles. The number of aromatic nitrogens is 3. The van der Waals surface area contributed by atoms with E-state index in [1.807, 2.05) is 59.3 Å². The fraction of sp³-hybridized carbons (Fsp3) is 0.261. The van der Waals surface area contributed by atoms with E-state index in [2.05, 4.69) is 24.3 Å². The van der Waals surface area contributed by atoms with E-state index in [1.54, 1.807) is 7.11 Å². The van der Waals surface area contributed by atoms with Crippen molar-refractivity contribution < 1.29 is 9.53 Å². The van der Waals surface area contributed by atoms with Crippen LogP contribution in [0.25, 0.3) is 21.9 Å². The maximum Gasteiger partial charge on any atom is 0.230 e. The molecular weight excluding hydrogens is 364 g/mol. The van der Waals surface area contributed by atoms with Crippen molar-refractivity contribution in [2.45, 2.75) is 26.8 Å². The third-order valence-electron chi connectivity index (χ3n) is 4.74. The first-order valence-electron chi connectivity index (χ1n) is 9.72. The summed E-state index contributed by atoms with van der Waals surface area (Å²) in [5, 5.41) is 9.52. The number of ether oxygens (including phenoxy) is 1. The van der Waals surface area contributed by atoms with Crippen LogP contribution in [0.4, 0.5) is 5.82 Å². The van der Waals surface area contributed by atoms with Crippen molar-refractivity contribution in [3.8, 4) is 5.75 Å². The molecule has 0 saturated carbocycles. The minimum Gasteiger partial charge on any atom is -0.497 e. The van der Waals surface area contributed by atoms with Crippen molar-refractivity contribution in [2.75, 3.05) is 12.4 Å². The molecule has 0 radical (unpaired) electrons. The summed E-state index contributed by atoms with van der Waals surface area (Å²) >= 11 is 0. The Hall–Kier alpha value is -3.41. The van der Waals surface area contributed by atoms with Gasteiger partial charge < -0.3 is 10.1 Å². The molecule has 0 unspecified atom stereocenters. The van der Waals surface area contributed by atoms with E-state index >= 15 is 0 Å². The molecule has 0 aliphatic carbocycles. The summed E-state index contributed by atoms with van der Waals surface area (Å²) in [5.41, 5.74) is 2.62. The van der Waals surface area contributed by atoms with E-state index < -0.39 is 0 Å². The molecule has 0 atom stereocenters. The Kier molecular flexibility index (Phi) is 5.16. The van der Waals surface area contributed by atoms with Gasteiger partial charge in [-0.25, -0.2) is 9.67 Å². The Balaban J connectivity index is 1.66. The second-order valence-corrected chi connectivity index (χ2v) is 7.55. The quantitative estimate of drug-likeness (QED) is 0.530. The summed E-state index contributed by atoms with van der Waals surface area (Å²) in [6.07, 6.45) is 0.267. The third-order valence-corrected chi connectivity index (χ3v) is 4.74. The predicted molar refractivity (Wildman–Crippen MR) is 115 cm³/mol. The van der Waals surface area contributed by atoms with Crippen molar-refractivity contribution in [1.82, 2.24) is 14.8 Å². The van der Waals surface area contributed by atoms with Crippen molar-refractivity contribution in [2.24, 2.45) is 5.92 Å². The Morgan fingerprint density at radius 3 is 2.62 bits per heavy atom. The molecule has 148 valence electrons. The van der Waals surface area contributed by atoms with E-state index in [9.17, 15) is 4.79 Å². The average molecular weight is 388 g/mol. The summed E-state index contributed by atoms with van der Waals surface area (Å²) in [6.45, 7) is 5.00. The molecule has 4 rings (SSSR count). The summed E-state index contributed by atoms with van der Waals surface area (Å²) in [6, 6.07) is 17.5. The van der Waals surface area contributed by atoms with Gasteiger partial charge in [0.2, 0.25) is 5.91 Å². The zero-order valence-electron chi connectivity index (χ0n) is 16.8. The minimum absolute atomic E-state index is 0.112. The number of hydrogen-bond donors (Lipinski definition) is 1. The number of methoxy groups -OCH3 is 1. The number of para-hydroxylation sites is 1. The van der Waals surface area contributed by atoms with Crippen LogP contribution in [0.2, 0.25) is 0 Å². The van der Waals surface area contributed by atoms with Crippen LogP contribution in [0, 0.1) is 5.92 Å². The van der Waals surface area contributed by atoms with Crippen molar-refractivity contribution >= 4 is 33.7 Å². The van der Waals surface area contributed by atoms with Gasteiger partial charge in [-0.15, -0.1) is 0 Å². The normalized spacial score (nSPS) is 11.3. The number of nitrogens with zero attached hydrogens (tertiary/aromatic N) is 3. The Bertz CT molecular complexity index is 1160. The lowest BCUT2D eigenvalue weighted by Crippen LogP contribution is -2.15. The topological polar surface area (TPSA) is 69.0 Å². The Labute approximate surface area is 169 Å². The highest BCUT2D eigenvalue weighted by Gasteiger charge is 2.16. The molecule has 0 fully saturated rings. The van der Waals surface area contributed by atoms with Gasteiger partial charge in [-0.2, -0.15) is 5.10 Å². The fourth-order valence-electron chi connectivity index (χ4n) is 3.37. The standard InChI is InChI=1S/C23H24N4O2/c1-15(2)14-27-23-19(13-17-6-4-5-7-20(17)24-23)22(26-27)25-21(28)12-16-8-10-18(29-3)11-9-16/h4-11,13,15H,12,14H2,1-3H3,(H,25,26,28). The highest BCUT2D eigenvalue weighted by atomic mass is 16.5. The molecule has 0 spiro atoms. The van der Waals surface area contributed by atoms with Gasteiger partial charge in [-0.1, -0.05) is 44.2 Å². The number of anilines is 1. The SMILES string of the molecule is COc1ccc(CC(=O)Nc2nn(CC(C)C)c3nc4ccccc4cc23)cc1. The predicted octanol–water partition coefficient (Wildman–Crippen LogP) is 4.43. The summed E-state index contributed by atoms with van der Waals surface area (Å²) in [7, 11) is 1.62. The van der Waals surface area contributed by atoms with E-state index in [0.29, 0.717) is 11.7 Å². The summed E-state index contributed by atoms with van der Waals surface area (Å²) < 4.78 is 7.05. The third kappa shape index (κ3) is 4.06. The first-order valence-corrected chi connectivity index (χ1v) is 9.72. The molecule has 4 aromatic rings. The Morgan fingerprint density at radius 2 is 1.90 bits per heavy atom. The van der Waals surface area contributed by atoms with Crippen LogP contribution in [0.5, 0.6) is 5.75 Å². The molecule has 1 N–H and O–H groups in total. The lowest BCUT2D eigenvalue weighted by molar-refractivity contribution is -0.115. The highest BCUT2D eigenvalue weighted by molar-refractivity contribution is 6.03. The van der Waals surface area contributed by atoms with Crippen molar-refractivity contribution in [3.05, 3.63) is 60.2 Å². The number of benzene rings is 2. The van der Waals surface area contributed by atoms with E-state index in [4.69, 9.17) is 9.72 Å². The fourth-order valence-corrected chi connectivity index (χ4v) is 3.37. The molecular formula is C23H24N4O2. The van der Waals surface area contributed by atoms with Gasteiger partial charge in [0, 0.05) is 11.9 Å². The molecule has 2 aromatic carbocycles. The molecule has 6 nitrogen and oxygen atoms in total. The van der Waals surface area contributed by atoms with Crippen molar-refractivity contribution in [1.29, 1.82) is 0 Å². The largest absolute Gasteiger partial charge is 0.497 e. The van der Waals surface area contributed by atoms with Gasteiger partial charge in [0.25, 0.3) is 0 Å². The van der Waals surface area contributed by atoms with E-state index in [-0.39, 0.29) is 12.3 Å². The molecule has 2 heterocycles. The number of pyridine rings is 1. The van der Waals surface area contributed by atoms with Crippen molar-refractivity contribution in [3.63, 3.8) is 0 Å². The highest BCUT2D eigenvalue weighted by Crippen LogP contribution is 2.26. The molecule has 1 amide bonds. The molecule has 0 saturated heterocycles.